The molecule has 0 saturated heterocycles. The van der Waals surface area contributed by atoms with Crippen LogP contribution in [0.1, 0.15) is 38.1 Å². The predicted octanol–water partition coefficient (Wildman–Crippen LogP) is 2.69. The van der Waals surface area contributed by atoms with Crippen molar-refractivity contribution in [1.82, 2.24) is 15.1 Å². The first kappa shape index (κ1) is 16.7. The van der Waals surface area contributed by atoms with E-state index < -0.39 is 0 Å². The summed E-state index contributed by atoms with van der Waals surface area (Å²) in [6.45, 7) is 4.24. The molecule has 4 nitrogen and oxygen atoms in total. The van der Waals surface area contributed by atoms with E-state index in [0.29, 0.717) is 12.1 Å². The lowest BCUT2D eigenvalue weighted by molar-refractivity contribution is 0.106. The molecule has 2 atom stereocenters. The van der Waals surface area contributed by atoms with Gasteiger partial charge in [0.1, 0.15) is 0 Å². The van der Waals surface area contributed by atoms with Crippen LogP contribution in [0.2, 0.25) is 0 Å². The van der Waals surface area contributed by atoms with E-state index in [1.165, 1.54) is 5.69 Å². The molecule has 0 aliphatic rings. The van der Waals surface area contributed by atoms with E-state index in [0.717, 1.165) is 35.8 Å². The molecule has 0 aliphatic carbocycles. The summed E-state index contributed by atoms with van der Waals surface area (Å²) in [6, 6.07) is 0.453. The number of nitrogens with one attached hydrogen (secondary N) is 1. The number of rotatable bonds is 8. The molecule has 1 heterocycles. The van der Waals surface area contributed by atoms with Gasteiger partial charge in [0.15, 0.2) is 0 Å². The van der Waals surface area contributed by atoms with E-state index in [1.54, 1.807) is 7.11 Å². The van der Waals surface area contributed by atoms with Crippen LogP contribution in [0.4, 0.5) is 0 Å². The number of aryl methyl sites for hydroxylation is 2. The zero-order valence-electron chi connectivity index (χ0n) is 12.7. The highest BCUT2D eigenvalue weighted by Gasteiger charge is 2.17. The second-order valence-electron chi connectivity index (χ2n) is 5.00. The summed E-state index contributed by atoms with van der Waals surface area (Å²) in [7, 11) is 5.81. The zero-order chi connectivity index (χ0) is 14.4. The lowest BCUT2D eigenvalue weighted by atomic mass is 10.0. The molecule has 1 aromatic rings. The molecule has 110 valence electrons. The monoisotopic (exact) mass is 331 g/mol. The van der Waals surface area contributed by atoms with Crippen molar-refractivity contribution in [2.45, 2.75) is 51.7 Å². The molecule has 5 heteroatoms. The molecular formula is C14H26BrN3O. The highest BCUT2D eigenvalue weighted by atomic mass is 79.9. The van der Waals surface area contributed by atoms with Crippen LogP contribution in [0.3, 0.4) is 0 Å². The number of hydrogen-bond donors (Lipinski definition) is 1. The Kier molecular flexibility index (Phi) is 7.04. The molecule has 0 radical (unpaired) electrons. The van der Waals surface area contributed by atoms with Gasteiger partial charge < -0.3 is 10.1 Å². The van der Waals surface area contributed by atoms with Gasteiger partial charge in [0, 0.05) is 26.6 Å². The molecule has 19 heavy (non-hydrogen) atoms. The van der Waals surface area contributed by atoms with Crippen molar-refractivity contribution >= 4 is 15.9 Å². The maximum atomic E-state index is 5.31. The summed E-state index contributed by atoms with van der Waals surface area (Å²) < 4.78 is 8.47. The van der Waals surface area contributed by atoms with Gasteiger partial charge in [0.05, 0.1) is 22.0 Å². The topological polar surface area (TPSA) is 39.1 Å². The highest BCUT2D eigenvalue weighted by molar-refractivity contribution is 9.10. The molecule has 0 fully saturated rings. The summed E-state index contributed by atoms with van der Waals surface area (Å²) in [4.78, 5) is 0. The van der Waals surface area contributed by atoms with Crippen molar-refractivity contribution in [2.75, 3.05) is 14.2 Å². The van der Waals surface area contributed by atoms with Crippen LogP contribution in [0, 0.1) is 0 Å². The van der Waals surface area contributed by atoms with Crippen LogP contribution in [0.5, 0.6) is 0 Å². The molecule has 0 saturated carbocycles. The zero-order valence-corrected chi connectivity index (χ0v) is 14.2. The average molecular weight is 332 g/mol. The molecule has 0 aliphatic heterocycles. The largest absolute Gasteiger partial charge is 0.382 e. The second-order valence-corrected chi connectivity index (χ2v) is 5.79. The SMILES string of the molecule is CCc1nn(C)c(CC(CCC(C)OC)NC)c1Br. The van der Waals surface area contributed by atoms with Crippen molar-refractivity contribution in [2.24, 2.45) is 7.05 Å². The molecule has 1 N–H and O–H groups in total. The standard InChI is InChI=1S/C14H26BrN3O/c1-6-12-14(15)13(18(4)17-12)9-11(16-3)8-7-10(2)19-5/h10-11,16H,6-9H2,1-5H3. The fraction of sp³-hybridized carbons (Fsp3) is 0.786. The number of halogens is 1. The maximum absolute atomic E-state index is 5.31. The Morgan fingerprint density at radius 1 is 1.42 bits per heavy atom. The number of methoxy groups -OCH3 is 1. The smallest absolute Gasteiger partial charge is 0.0766 e. The first-order valence-electron chi connectivity index (χ1n) is 6.93. The molecule has 0 spiro atoms. The molecule has 2 unspecified atom stereocenters. The Balaban J connectivity index is 2.67. The fourth-order valence-electron chi connectivity index (χ4n) is 2.18. The Hall–Kier alpha value is -0.390. The molecule has 0 amide bonds. The Labute approximate surface area is 125 Å². The van der Waals surface area contributed by atoms with Gasteiger partial charge in [0.25, 0.3) is 0 Å². The summed E-state index contributed by atoms with van der Waals surface area (Å²) in [5, 5.41) is 7.94. The predicted molar refractivity (Wildman–Crippen MR) is 82.5 cm³/mol. The molecule has 0 bridgehead atoms. The van der Waals surface area contributed by atoms with E-state index in [1.807, 2.05) is 18.8 Å². The first-order valence-corrected chi connectivity index (χ1v) is 7.73. The third-order valence-electron chi connectivity index (χ3n) is 3.67. The van der Waals surface area contributed by atoms with Gasteiger partial charge in [-0.05, 0) is 49.2 Å². The van der Waals surface area contributed by atoms with Gasteiger partial charge in [-0.3, -0.25) is 4.68 Å². The van der Waals surface area contributed by atoms with Gasteiger partial charge in [-0.25, -0.2) is 0 Å². The summed E-state index contributed by atoms with van der Waals surface area (Å²) in [6.07, 6.45) is 4.43. The van der Waals surface area contributed by atoms with Gasteiger partial charge in [0.2, 0.25) is 0 Å². The minimum atomic E-state index is 0.317. The molecule has 1 aromatic heterocycles. The first-order chi connectivity index (χ1) is 9.03. The van der Waals surface area contributed by atoms with Crippen LogP contribution in [0.15, 0.2) is 4.47 Å². The van der Waals surface area contributed by atoms with Crippen molar-refractivity contribution < 1.29 is 4.74 Å². The number of nitrogens with zero attached hydrogens (tertiary/aromatic N) is 2. The third-order valence-corrected chi connectivity index (χ3v) is 4.59. The van der Waals surface area contributed by atoms with E-state index in [-0.39, 0.29) is 0 Å². The average Bonchev–Trinajstić information content (AvgIpc) is 2.69. The normalized spacial score (nSPS) is 14.6. The van der Waals surface area contributed by atoms with Crippen molar-refractivity contribution in [3.8, 4) is 0 Å². The lowest BCUT2D eigenvalue weighted by Crippen LogP contribution is -2.29. The minimum Gasteiger partial charge on any atom is -0.382 e. The number of ether oxygens (including phenoxy) is 1. The van der Waals surface area contributed by atoms with E-state index in [4.69, 9.17) is 4.74 Å². The Morgan fingerprint density at radius 2 is 2.11 bits per heavy atom. The van der Waals surface area contributed by atoms with Crippen molar-refractivity contribution in [3.05, 3.63) is 15.9 Å². The van der Waals surface area contributed by atoms with Crippen LogP contribution < -0.4 is 5.32 Å². The number of hydrogen-bond acceptors (Lipinski definition) is 3. The van der Waals surface area contributed by atoms with Crippen LogP contribution >= 0.6 is 15.9 Å². The Bertz CT molecular complexity index is 392. The number of likely N-dealkylation sites (N-methyl/N-ethyl adjacent to an activating group) is 1. The van der Waals surface area contributed by atoms with Crippen molar-refractivity contribution in [3.63, 3.8) is 0 Å². The fourth-order valence-corrected chi connectivity index (χ4v) is 2.96. The van der Waals surface area contributed by atoms with Crippen molar-refractivity contribution in [1.29, 1.82) is 0 Å². The second kappa shape index (κ2) is 8.02. The van der Waals surface area contributed by atoms with Gasteiger partial charge in [-0.1, -0.05) is 6.92 Å². The van der Waals surface area contributed by atoms with E-state index in [9.17, 15) is 0 Å². The van der Waals surface area contributed by atoms with Crippen LogP contribution in [0.25, 0.3) is 0 Å². The van der Waals surface area contributed by atoms with E-state index >= 15 is 0 Å². The number of aromatic nitrogens is 2. The van der Waals surface area contributed by atoms with Gasteiger partial charge >= 0.3 is 0 Å². The lowest BCUT2D eigenvalue weighted by Gasteiger charge is -2.18. The quantitative estimate of drug-likeness (QED) is 0.796. The van der Waals surface area contributed by atoms with Gasteiger partial charge in [-0.15, -0.1) is 0 Å². The third kappa shape index (κ3) is 4.58. The molecule has 1 rings (SSSR count). The molecule has 0 aromatic carbocycles. The highest BCUT2D eigenvalue weighted by Crippen LogP contribution is 2.23. The minimum absolute atomic E-state index is 0.317. The van der Waals surface area contributed by atoms with Crippen LogP contribution in [-0.2, 0) is 24.6 Å². The maximum Gasteiger partial charge on any atom is 0.0766 e. The van der Waals surface area contributed by atoms with E-state index in [2.05, 4.69) is 40.2 Å². The van der Waals surface area contributed by atoms with Crippen LogP contribution in [-0.4, -0.2) is 36.1 Å². The summed E-state index contributed by atoms with van der Waals surface area (Å²) >= 11 is 3.68. The summed E-state index contributed by atoms with van der Waals surface area (Å²) in [5.41, 5.74) is 2.40. The Morgan fingerprint density at radius 3 is 2.58 bits per heavy atom. The summed E-state index contributed by atoms with van der Waals surface area (Å²) in [5.74, 6) is 0. The van der Waals surface area contributed by atoms with Gasteiger partial charge in [-0.2, -0.15) is 5.10 Å². The molecular weight excluding hydrogens is 306 g/mol.